The molecule has 1 spiro atoms. The molecule has 1 amide bonds. The van der Waals surface area contributed by atoms with Crippen molar-refractivity contribution in [2.45, 2.75) is 12.5 Å². The summed E-state index contributed by atoms with van der Waals surface area (Å²) in [6.45, 7) is 3.19. The second-order valence-electron chi connectivity index (χ2n) is 3.73. The summed E-state index contributed by atoms with van der Waals surface area (Å²) in [6.07, 6.45) is 0. The van der Waals surface area contributed by atoms with Crippen molar-refractivity contribution >= 4 is 33.2 Å². The number of thiophene rings is 1. The zero-order valence-corrected chi connectivity index (χ0v) is 9.92. The van der Waals surface area contributed by atoms with E-state index in [0.29, 0.717) is 13.2 Å². The Bertz CT molecular complexity index is 436. The van der Waals surface area contributed by atoms with Crippen molar-refractivity contribution in [3.63, 3.8) is 0 Å². The Hall–Kier alpha value is -0.390. The summed E-state index contributed by atoms with van der Waals surface area (Å²) in [6, 6.07) is 0. The molecule has 2 aliphatic rings. The molecule has 0 radical (unpaired) electrons. The van der Waals surface area contributed by atoms with Crippen molar-refractivity contribution in [1.29, 1.82) is 0 Å². The molecule has 0 saturated carbocycles. The number of hydrogen-bond acceptors (Lipinski definition) is 3. The van der Waals surface area contributed by atoms with E-state index in [1.807, 2.05) is 6.92 Å². The minimum Gasteiger partial charge on any atom is -0.376 e. The molecule has 2 aliphatic heterocycles. The quantitative estimate of drug-likeness (QED) is 0.783. The molecule has 0 aliphatic carbocycles. The van der Waals surface area contributed by atoms with Crippen LogP contribution in [0.3, 0.4) is 0 Å². The van der Waals surface area contributed by atoms with Crippen molar-refractivity contribution in [3.8, 4) is 0 Å². The Balaban J connectivity index is 2.23. The summed E-state index contributed by atoms with van der Waals surface area (Å²) in [5.74, 6) is 0.0442. The SMILES string of the molecule is Cc1c(Br)sc2c1C(=O)NC21COC1. The molecule has 3 heterocycles. The molecular weight excluding hydrogens is 266 g/mol. The fraction of sp³-hybridized carbons (Fsp3) is 0.444. The lowest BCUT2D eigenvalue weighted by atomic mass is 9.96. The Morgan fingerprint density at radius 1 is 1.57 bits per heavy atom. The van der Waals surface area contributed by atoms with Crippen molar-refractivity contribution < 1.29 is 9.53 Å². The molecule has 0 aromatic carbocycles. The molecule has 3 nitrogen and oxygen atoms in total. The molecule has 0 bridgehead atoms. The minimum atomic E-state index is -0.201. The van der Waals surface area contributed by atoms with Gasteiger partial charge in [0, 0.05) is 4.88 Å². The number of fused-ring (bicyclic) bond motifs is 2. The fourth-order valence-electron chi connectivity index (χ4n) is 1.94. The molecule has 0 unspecified atom stereocenters. The highest BCUT2D eigenvalue weighted by Crippen LogP contribution is 2.45. The summed E-state index contributed by atoms with van der Waals surface area (Å²) in [5.41, 5.74) is 1.70. The largest absolute Gasteiger partial charge is 0.376 e. The zero-order valence-electron chi connectivity index (χ0n) is 7.52. The Labute approximate surface area is 93.6 Å². The fourth-order valence-corrected chi connectivity index (χ4v) is 3.77. The molecule has 14 heavy (non-hydrogen) atoms. The van der Waals surface area contributed by atoms with Gasteiger partial charge in [0.1, 0.15) is 5.54 Å². The number of amides is 1. The number of hydrogen-bond donors (Lipinski definition) is 1. The van der Waals surface area contributed by atoms with Gasteiger partial charge in [0.05, 0.1) is 22.6 Å². The van der Waals surface area contributed by atoms with Gasteiger partial charge in [0.15, 0.2) is 0 Å². The van der Waals surface area contributed by atoms with E-state index in [4.69, 9.17) is 4.74 Å². The molecule has 1 aromatic heterocycles. The monoisotopic (exact) mass is 273 g/mol. The maximum Gasteiger partial charge on any atom is 0.253 e. The van der Waals surface area contributed by atoms with Gasteiger partial charge in [-0.2, -0.15) is 0 Å². The van der Waals surface area contributed by atoms with Gasteiger partial charge >= 0.3 is 0 Å². The second-order valence-corrected chi connectivity index (χ2v) is 6.07. The van der Waals surface area contributed by atoms with Crippen molar-refractivity contribution in [3.05, 3.63) is 19.8 Å². The summed E-state index contributed by atoms with van der Waals surface area (Å²) in [7, 11) is 0. The average Bonchev–Trinajstić information content (AvgIpc) is 2.51. The van der Waals surface area contributed by atoms with Crippen molar-refractivity contribution in [1.82, 2.24) is 5.32 Å². The number of nitrogens with one attached hydrogen (secondary N) is 1. The molecule has 3 rings (SSSR count). The van der Waals surface area contributed by atoms with Gasteiger partial charge in [0.2, 0.25) is 0 Å². The van der Waals surface area contributed by atoms with Crippen molar-refractivity contribution in [2.24, 2.45) is 0 Å². The topological polar surface area (TPSA) is 38.3 Å². The third kappa shape index (κ3) is 0.877. The molecule has 1 fully saturated rings. The van der Waals surface area contributed by atoms with Crippen LogP contribution in [0.15, 0.2) is 3.79 Å². The van der Waals surface area contributed by atoms with E-state index in [1.54, 1.807) is 11.3 Å². The molecular formula is C9H8BrNO2S. The molecule has 1 saturated heterocycles. The predicted molar refractivity (Wildman–Crippen MR) is 56.7 cm³/mol. The summed E-state index contributed by atoms with van der Waals surface area (Å²) >= 11 is 5.12. The van der Waals surface area contributed by atoms with Crippen LogP contribution in [0.2, 0.25) is 0 Å². The Morgan fingerprint density at radius 3 is 2.86 bits per heavy atom. The third-order valence-corrected chi connectivity index (χ3v) is 5.16. The van der Waals surface area contributed by atoms with Crippen LogP contribution in [-0.2, 0) is 10.3 Å². The van der Waals surface area contributed by atoms with Crippen LogP contribution < -0.4 is 5.32 Å². The van der Waals surface area contributed by atoms with E-state index in [-0.39, 0.29) is 11.4 Å². The highest BCUT2D eigenvalue weighted by atomic mass is 79.9. The standard InChI is InChI=1S/C9H8BrNO2S/c1-4-5-6(14-7(4)10)9(2-13-3-9)11-8(5)12/h2-3H2,1H3,(H,11,12). The van der Waals surface area contributed by atoms with Gasteiger partial charge in [0.25, 0.3) is 5.91 Å². The Kier molecular flexibility index (Phi) is 1.64. The maximum absolute atomic E-state index is 11.7. The van der Waals surface area contributed by atoms with Crippen LogP contribution in [-0.4, -0.2) is 19.1 Å². The maximum atomic E-state index is 11.7. The molecule has 1 N–H and O–H groups in total. The van der Waals surface area contributed by atoms with Crippen LogP contribution in [0.4, 0.5) is 0 Å². The number of ether oxygens (including phenoxy) is 1. The highest BCUT2D eigenvalue weighted by Gasteiger charge is 2.51. The lowest BCUT2D eigenvalue weighted by Crippen LogP contribution is -2.54. The van der Waals surface area contributed by atoms with E-state index in [1.165, 1.54) is 0 Å². The first-order chi connectivity index (χ1) is 6.64. The van der Waals surface area contributed by atoms with E-state index < -0.39 is 0 Å². The number of rotatable bonds is 0. The normalized spacial score (nSPS) is 22.0. The predicted octanol–water partition coefficient (Wildman–Crippen LogP) is 1.79. The highest BCUT2D eigenvalue weighted by molar-refractivity contribution is 9.11. The van der Waals surface area contributed by atoms with Gasteiger partial charge in [-0.15, -0.1) is 11.3 Å². The van der Waals surface area contributed by atoms with Crippen LogP contribution >= 0.6 is 27.3 Å². The Morgan fingerprint density at radius 2 is 2.29 bits per heavy atom. The molecule has 0 atom stereocenters. The molecule has 1 aromatic rings. The first-order valence-corrected chi connectivity index (χ1v) is 5.95. The third-order valence-electron chi connectivity index (χ3n) is 2.80. The zero-order chi connectivity index (χ0) is 9.92. The van der Waals surface area contributed by atoms with Crippen molar-refractivity contribution in [2.75, 3.05) is 13.2 Å². The van der Waals surface area contributed by atoms with E-state index in [9.17, 15) is 4.79 Å². The summed E-state index contributed by atoms with van der Waals surface area (Å²) in [4.78, 5) is 12.9. The summed E-state index contributed by atoms with van der Waals surface area (Å²) in [5, 5.41) is 3.01. The molecule has 74 valence electrons. The number of carbonyl (C=O) groups is 1. The van der Waals surface area contributed by atoms with Crippen LogP contribution in [0.1, 0.15) is 20.8 Å². The van der Waals surface area contributed by atoms with Gasteiger partial charge in [-0.25, -0.2) is 0 Å². The lowest BCUT2D eigenvalue weighted by Gasteiger charge is -2.37. The smallest absolute Gasteiger partial charge is 0.253 e. The summed E-state index contributed by atoms with van der Waals surface area (Å²) < 4.78 is 6.25. The van der Waals surface area contributed by atoms with Gasteiger partial charge < -0.3 is 10.1 Å². The van der Waals surface area contributed by atoms with Crippen LogP contribution in [0, 0.1) is 6.92 Å². The first-order valence-electron chi connectivity index (χ1n) is 4.34. The van der Waals surface area contributed by atoms with Gasteiger partial charge in [-0.1, -0.05) is 0 Å². The van der Waals surface area contributed by atoms with E-state index >= 15 is 0 Å². The van der Waals surface area contributed by atoms with Crippen LogP contribution in [0.5, 0.6) is 0 Å². The minimum absolute atomic E-state index is 0.0442. The van der Waals surface area contributed by atoms with E-state index in [0.717, 1.165) is 19.8 Å². The number of halogens is 1. The van der Waals surface area contributed by atoms with Crippen LogP contribution in [0.25, 0.3) is 0 Å². The molecule has 5 heteroatoms. The first kappa shape index (κ1) is 8.88. The van der Waals surface area contributed by atoms with Gasteiger partial charge in [-0.3, -0.25) is 4.79 Å². The number of carbonyl (C=O) groups excluding carboxylic acids is 1. The van der Waals surface area contributed by atoms with E-state index in [2.05, 4.69) is 21.2 Å². The lowest BCUT2D eigenvalue weighted by molar-refractivity contribution is -0.0673. The average molecular weight is 274 g/mol. The second kappa shape index (κ2) is 2.59. The van der Waals surface area contributed by atoms with Gasteiger partial charge in [-0.05, 0) is 28.4 Å².